The van der Waals surface area contributed by atoms with Gasteiger partial charge in [-0.05, 0) is 37.0 Å². The van der Waals surface area contributed by atoms with E-state index in [2.05, 4.69) is 15.9 Å². The number of hydrogen-bond donors (Lipinski definition) is 1. The summed E-state index contributed by atoms with van der Waals surface area (Å²) in [6.45, 7) is 5.86. The molecule has 0 heterocycles. The minimum Gasteiger partial charge on any atom is -0.481 e. The molecule has 0 aliphatic carbocycles. The number of halogens is 1. The third kappa shape index (κ3) is 3.09. The predicted molar refractivity (Wildman–Crippen MR) is 73.2 cm³/mol. The Balaban J connectivity index is 3.03. The summed E-state index contributed by atoms with van der Waals surface area (Å²) in [5, 5.41) is 9.44. The lowest BCUT2D eigenvalue weighted by Gasteiger charge is -2.31. The average molecular weight is 299 g/mol. The number of rotatable bonds is 5. The monoisotopic (exact) mass is 298 g/mol. The summed E-state index contributed by atoms with van der Waals surface area (Å²) in [7, 11) is 0. The Morgan fingerprint density at radius 2 is 1.94 bits per heavy atom. The summed E-state index contributed by atoms with van der Waals surface area (Å²) in [5.41, 5.74) is 0.384. The summed E-state index contributed by atoms with van der Waals surface area (Å²) in [6.07, 6.45) is 1.57. The molecule has 0 aliphatic rings. The summed E-state index contributed by atoms with van der Waals surface area (Å²) in [4.78, 5) is 11.5. The van der Waals surface area contributed by atoms with Gasteiger partial charge in [-0.15, -0.1) is 0 Å². The molecule has 0 amide bonds. The van der Waals surface area contributed by atoms with Crippen LogP contribution in [-0.4, -0.2) is 11.1 Å². The number of carboxylic acids is 1. The van der Waals surface area contributed by atoms with E-state index in [-0.39, 0.29) is 5.92 Å². The zero-order chi connectivity index (χ0) is 13.1. The van der Waals surface area contributed by atoms with Crippen molar-refractivity contribution in [3.05, 3.63) is 34.3 Å². The molecule has 17 heavy (non-hydrogen) atoms. The van der Waals surface area contributed by atoms with Gasteiger partial charge in [0.25, 0.3) is 0 Å². The second-order valence-corrected chi connectivity index (χ2v) is 5.66. The molecule has 1 aromatic carbocycles. The van der Waals surface area contributed by atoms with Gasteiger partial charge in [0.1, 0.15) is 0 Å². The van der Waals surface area contributed by atoms with Crippen LogP contribution in [-0.2, 0) is 4.79 Å². The van der Waals surface area contributed by atoms with Gasteiger partial charge in [-0.2, -0.15) is 0 Å². The smallest absolute Gasteiger partial charge is 0.309 e. The molecule has 0 spiro atoms. The lowest BCUT2D eigenvalue weighted by molar-refractivity contribution is -0.149. The number of carboxylic acid groups (broad SMARTS) is 1. The van der Waals surface area contributed by atoms with Gasteiger partial charge in [-0.25, -0.2) is 0 Å². The Bertz CT molecular complexity index is 386. The Hall–Kier alpha value is -0.830. The average Bonchev–Trinajstić information content (AvgIpc) is 2.29. The lowest BCUT2D eigenvalue weighted by Crippen LogP contribution is -2.33. The molecule has 0 bridgehead atoms. The third-order valence-corrected chi connectivity index (χ3v) is 4.11. The maximum atomic E-state index is 11.5. The zero-order valence-electron chi connectivity index (χ0n) is 10.5. The van der Waals surface area contributed by atoms with Crippen LogP contribution in [0.15, 0.2) is 28.7 Å². The quantitative estimate of drug-likeness (QED) is 0.872. The van der Waals surface area contributed by atoms with Crippen LogP contribution in [0.4, 0.5) is 0 Å². The molecule has 0 radical (unpaired) electrons. The normalized spacial score (nSPS) is 16.2. The number of benzene rings is 1. The zero-order valence-corrected chi connectivity index (χ0v) is 12.1. The SMILES string of the molecule is CCCC(C)(C(=O)O)C(C)c1ccc(Br)cc1. The fraction of sp³-hybridized carbons (Fsp3) is 0.500. The first-order chi connectivity index (χ1) is 7.91. The number of hydrogen-bond acceptors (Lipinski definition) is 1. The van der Waals surface area contributed by atoms with Crippen molar-refractivity contribution in [2.75, 3.05) is 0 Å². The standard InChI is InChI=1S/C14H19BrO2/c1-4-9-14(3,13(16)17)10(2)11-5-7-12(15)8-6-11/h5-8,10H,4,9H2,1-3H3,(H,16,17). The van der Waals surface area contributed by atoms with Crippen molar-refractivity contribution in [1.82, 2.24) is 0 Å². The minimum absolute atomic E-state index is 0.00745. The van der Waals surface area contributed by atoms with Gasteiger partial charge in [0.2, 0.25) is 0 Å². The second kappa shape index (κ2) is 5.67. The molecule has 0 fully saturated rings. The van der Waals surface area contributed by atoms with Crippen LogP contribution in [0.2, 0.25) is 0 Å². The van der Waals surface area contributed by atoms with Crippen molar-refractivity contribution in [2.45, 2.75) is 39.5 Å². The van der Waals surface area contributed by atoms with E-state index < -0.39 is 11.4 Å². The second-order valence-electron chi connectivity index (χ2n) is 4.75. The van der Waals surface area contributed by atoms with Gasteiger partial charge in [0.15, 0.2) is 0 Å². The highest BCUT2D eigenvalue weighted by atomic mass is 79.9. The third-order valence-electron chi connectivity index (χ3n) is 3.58. The molecule has 2 atom stereocenters. The maximum Gasteiger partial charge on any atom is 0.309 e. The van der Waals surface area contributed by atoms with Crippen molar-refractivity contribution in [3.8, 4) is 0 Å². The van der Waals surface area contributed by atoms with E-state index >= 15 is 0 Å². The Morgan fingerprint density at radius 1 is 1.41 bits per heavy atom. The highest BCUT2D eigenvalue weighted by molar-refractivity contribution is 9.10. The van der Waals surface area contributed by atoms with Gasteiger partial charge in [0, 0.05) is 4.47 Å². The first kappa shape index (κ1) is 14.2. The highest BCUT2D eigenvalue weighted by Gasteiger charge is 2.38. The Morgan fingerprint density at radius 3 is 2.35 bits per heavy atom. The van der Waals surface area contributed by atoms with Crippen molar-refractivity contribution >= 4 is 21.9 Å². The molecular weight excluding hydrogens is 280 g/mol. The van der Waals surface area contributed by atoms with Crippen molar-refractivity contribution in [2.24, 2.45) is 5.41 Å². The molecule has 1 aromatic rings. The van der Waals surface area contributed by atoms with E-state index in [0.717, 1.165) is 16.5 Å². The minimum atomic E-state index is -0.713. The molecule has 0 aliphatic heterocycles. The molecule has 1 rings (SSSR count). The van der Waals surface area contributed by atoms with E-state index in [1.54, 1.807) is 0 Å². The van der Waals surface area contributed by atoms with Gasteiger partial charge in [0.05, 0.1) is 5.41 Å². The van der Waals surface area contributed by atoms with Crippen LogP contribution in [0.1, 0.15) is 45.1 Å². The molecule has 2 nitrogen and oxygen atoms in total. The molecule has 3 heteroatoms. The largest absolute Gasteiger partial charge is 0.481 e. The fourth-order valence-electron chi connectivity index (χ4n) is 2.15. The van der Waals surface area contributed by atoms with Gasteiger partial charge in [-0.3, -0.25) is 4.79 Å². The van der Waals surface area contributed by atoms with E-state index in [9.17, 15) is 9.90 Å². The first-order valence-electron chi connectivity index (χ1n) is 5.90. The molecule has 0 saturated heterocycles. The fourth-order valence-corrected chi connectivity index (χ4v) is 2.41. The van der Waals surface area contributed by atoms with E-state index in [1.165, 1.54) is 0 Å². The van der Waals surface area contributed by atoms with Crippen LogP contribution in [0.5, 0.6) is 0 Å². The summed E-state index contributed by atoms with van der Waals surface area (Å²) in [6, 6.07) is 7.90. The molecular formula is C14H19BrO2. The van der Waals surface area contributed by atoms with Crippen LogP contribution >= 0.6 is 15.9 Å². The summed E-state index contributed by atoms with van der Waals surface area (Å²) in [5.74, 6) is -0.706. The highest BCUT2D eigenvalue weighted by Crippen LogP contribution is 2.40. The summed E-state index contributed by atoms with van der Waals surface area (Å²) >= 11 is 3.39. The van der Waals surface area contributed by atoms with E-state index in [4.69, 9.17) is 0 Å². The molecule has 0 saturated carbocycles. The van der Waals surface area contributed by atoms with Crippen molar-refractivity contribution in [1.29, 1.82) is 0 Å². The Labute approximate surface area is 111 Å². The van der Waals surface area contributed by atoms with Crippen LogP contribution < -0.4 is 0 Å². The topological polar surface area (TPSA) is 37.3 Å². The molecule has 0 aromatic heterocycles. The summed E-state index contributed by atoms with van der Waals surface area (Å²) < 4.78 is 1.01. The van der Waals surface area contributed by atoms with Crippen LogP contribution in [0.3, 0.4) is 0 Å². The first-order valence-corrected chi connectivity index (χ1v) is 6.70. The van der Waals surface area contributed by atoms with Gasteiger partial charge < -0.3 is 5.11 Å². The van der Waals surface area contributed by atoms with Crippen LogP contribution in [0, 0.1) is 5.41 Å². The maximum absolute atomic E-state index is 11.5. The van der Waals surface area contributed by atoms with Crippen molar-refractivity contribution < 1.29 is 9.90 Å². The van der Waals surface area contributed by atoms with Crippen LogP contribution in [0.25, 0.3) is 0 Å². The number of carbonyl (C=O) groups is 1. The number of aliphatic carboxylic acids is 1. The lowest BCUT2D eigenvalue weighted by atomic mass is 9.71. The van der Waals surface area contributed by atoms with Gasteiger partial charge in [-0.1, -0.05) is 48.3 Å². The van der Waals surface area contributed by atoms with Gasteiger partial charge >= 0.3 is 5.97 Å². The van der Waals surface area contributed by atoms with E-state index in [1.807, 2.05) is 45.0 Å². The van der Waals surface area contributed by atoms with Crippen molar-refractivity contribution in [3.63, 3.8) is 0 Å². The molecule has 1 N–H and O–H groups in total. The predicted octanol–water partition coefficient (Wildman–Crippen LogP) is 4.44. The molecule has 2 unspecified atom stereocenters. The Kier molecular flexibility index (Phi) is 4.75. The van der Waals surface area contributed by atoms with E-state index in [0.29, 0.717) is 6.42 Å². The molecule has 94 valence electrons.